The molecule has 108 valence electrons. The van der Waals surface area contributed by atoms with E-state index < -0.39 is 10.0 Å². The maximum absolute atomic E-state index is 11.9. The SMILES string of the molecule is CNc1ccc(S(=O)(=O)NCCOCC(C)C)cc1. The van der Waals surface area contributed by atoms with Crippen LogP contribution in [0.15, 0.2) is 29.2 Å². The second kappa shape index (κ2) is 7.47. The maximum Gasteiger partial charge on any atom is 0.240 e. The van der Waals surface area contributed by atoms with E-state index in [1.54, 1.807) is 31.3 Å². The Morgan fingerprint density at radius 3 is 2.37 bits per heavy atom. The first-order chi connectivity index (χ1) is 8.95. The molecule has 0 aliphatic rings. The van der Waals surface area contributed by atoms with Crippen LogP contribution in [-0.2, 0) is 14.8 Å². The van der Waals surface area contributed by atoms with Crippen molar-refractivity contribution in [2.45, 2.75) is 18.7 Å². The van der Waals surface area contributed by atoms with Crippen LogP contribution in [0, 0.1) is 5.92 Å². The van der Waals surface area contributed by atoms with E-state index in [2.05, 4.69) is 10.0 Å². The molecule has 0 aliphatic heterocycles. The van der Waals surface area contributed by atoms with Gasteiger partial charge in [0.25, 0.3) is 0 Å². The topological polar surface area (TPSA) is 67.4 Å². The third-order valence-electron chi connectivity index (χ3n) is 2.44. The van der Waals surface area contributed by atoms with Crippen LogP contribution in [0.2, 0.25) is 0 Å². The third kappa shape index (κ3) is 5.59. The van der Waals surface area contributed by atoms with Crippen LogP contribution in [0.25, 0.3) is 0 Å². The number of sulfonamides is 1. The highest BCUT2D eigenvalue weighted by molar-refractivity contribution is 7.89. The Hall–Kier alpha value is -1.11. The van der Waals surface area contributed by atoms with E-state index in [4.69, 9.17) is 4.74 Å². The first-order valence-corrected chi connectivity index (χ1v) is 7.79. The molecule has 2 N–H and O–H groups in total. The molecule has 0 saturated carbocycles. The van der Waals surface area contributed by atoms with Gasteiger partial charge in [-0.15, -0.1) is 0 Å². The molecule has 0 atom stereocenters. The Kier molecular flexibility index (Phi) is 6.27. The molecular formula is C13H22N2O3S. The van der Waals surface area contributed by atoms with Gasteiger partial charge in [-0.2, -0.15) is 0 Å². The van der Waals surface area contributed by atoms with Gasteiger partial charge in [0, 0.05) is 25.9 Å². The van der Waals surface area contributed by atoms with Gasteiger partial charge in [0.15, 0.2) is 0 Å². The summed E-state index contributed by atoms with van der Waals surface area (Å²) in [6.07, 6.45) is 0. The summed E-state index contributed by atoms with van der Waals surface area (Å²) >= 11 is 0. The fraction of sp³-hybridized carbons (Fsp3) is 0.538. The second-order valence-corrected chi connectivity index (χ2v) is 6.41. The van der Waals surface area contributed by atoms with Crippen molar-refractivity contribution < 1.29 is 13.2 Å². The zero-order chi connectivity index (χ0) is 14.3. The Labute approximate surface area is 115 Å². The number of rotatable bonds is 8. The van der Waals surface area contributed by atoms with Crippen molar-refractivity contribution in [3.8, 4) is 0 Å². The number of benzene rings is 1. The predicted molar refractivity (Wildman–Crippen MR) is 76.8 cm³/mol. The summed E-state index contributed by atoms with van der Waals surface area (Å²) in [4.78, 5) is 0.260. The molecule has 0 aromatic heterocycles. The minimum absolute atomic E-state index is 0.260. The Bertz CT molecular complexity index is 469. The van der Waals surface area contributed by atoms with E-state index in [-0.39, 0.29) is 11.4 Å². The standard InChI is InChI=1S/C13H22N2O3S/c1-11(2)10-18-9-8-15-19(16,17)13-6-4-12(14-3)5-7-13/h4-7,11,14-15H,8-10H2,1-3H3. The lowest BCUT2D eigenvalue weighted by Gasteiger charge is -2.09. The summed E-state index contributed by atoms with van der Waals surface area (Å²) in [6.45, 7) is 5.40. The van der Waals surface area contributed by atoms with E-state index in [1.807, 2.05) is 13.8 Å². The zero-order valence-electron chi connectivity index (χ0n) is 11.6. The molecule has 1 aromatic rings. The molecule has 0 amide bonds. The highest BCUT2D eigenvalue weighted by Crippen LogP contribution is 2.13. The van der Waals surface area contributed by atoms with Crippen LogP contribution in [0.4, 0.5) is 5.69 Å². The molecule has 0 fully saturated rings. The highest BCUT2D eigenvalue weighted by Gasteiger charge is 2.12. The molecule has 0 bridgehead atoms. The van der Waals surface area contributed by atoms with Crippen LogP contribution in [-0.4, -0.2) is 35.2 Å². The average Bonchev–Trinajstić information content (AvgIpc) is 2.38. The van der Waals surface area contributed by atoms with Crippen molar-refractivity contribution in [3.63, 3.8) is 0 Å². The van der Waals surface area contributed by atoms with Crippen LogP contribution < -0.4 is 10.0 Å². The molecule has 0 aliphatic carbocycles. The van der Waals surface area contributed by atoms with Gasteiger partial charge in [-0.1, -0.05) is 13.8 Å². The van der Waals surface area contributed by atoms with Crippen LogP contribution in [0.5, 0.6) is 0 Å². The summed E-state index contributed by atoms with van der Waals surface area (Å²) in [5.41, 5.74) is 0.874. The van der Waals surface area contributed by atoms with Crippen LogP contribution in [0.1, 0.15) is 13.8 Å². The van der Waals surface area contributed by atoms with Gasteiger partial charge in [0.05, 0.1) is 11.5 Å². The van der Waals surface area contributed by atoms with Gasteiger partial charge in [0.2, 0.25) is 10.0 Å². The van der Waals surface area contributed by atoms with E-state index in [0.717, 1.165) is 5.69 Å². The van der Waals surface area contributed by atoms with Crippen LogP contribution >= 0.6 is 0 Å². The Morgan fingerprint density at radius 1 is 1.21 bits per heavy atom. The number of hydrogen-bond donors (Lipinski definition) is 2. The van der Waals surface area contributed by atoms with E-state index >= 15 is 0 Å². The second-order valence-electron chi connectivity index (χ2n) is 4.64. The third-order valence-corrected chi connectivity index (χ3v) is 3.92. The van der Waals surface area contributed by atoms with Gasteiger partial charge in [-0.25, -0.2) is 13.1 Å². The van der Waals surface area contributed by atoms with E-state index in [9.17, 15) is 8.42 Å². The largest absolute Gasteiger partial charge is 0.388 e. The molecule has 19 heavy (non-hydrogen) atoms. The Morgan fingerprint density at radius 2 is 1.84 bits per heavy atom. The molecule has 1 rings (SSSR count). The first kappa shape index (κ1) is 15.9. The van der Waals surface area contributed by atoms with Crippen molar-refractivity contribution in [2.24, 2.45) is 5.92 Å². The summed E-state index contributed by atoms with van der Waals surface area (Å²) in [5.74, 6) is 0.450. The number of anilines is 1. The van der Waals surface area contributed by atoms with Crippen molar-refractivity contribution in [1.82, 2.24) is 4.72 Å². The van der Waals surface area contributed by atoms with Gasteiger partial charge in [0.1, 0.15) is 0 Å². The summed E-state index contributed by atoms with van der Waals surface area (Å²) in [6, 6.07) is 6.60. The van der Waals surface area contributed by atoms with E-state index in [0.29, 0.717) is 19.1 Å². The lowest BCUT2D eigenvalue weighted by atomic mass is 10.2. The normalized spacial score (nSPS) is 11.8. The van der Waals surface area contributed by atoms with Gasteiger partial charge in [-0.3, -0.25) is 0 Å². The number of nitrogens with one attached hydrogen (secondary N) is 2. The summed E-state index contributed by atoms with van der Waals surface area (Å²) < 4.78 is 31.7. The Balaban J connectivity index is 2.46. The molecule has 0 spiro atoms. The number of ether oxygens (including phenoxy) is 1. The van der Waals surface area contributed by atoms with Crippen molar-refractivity contribution in [2.75, 3.05) is 32.1 Å². The molecule has 0 unspecified atom stereocenters. The van der Waals surface area contributed by atoms with Gasteiger partial charge in [-0.05, 0) is 30.2 Å². The zero-order valence-corrected chi connectivity index (χ0v) is 12.5. The molecule has 1 aromatic carbocycles. The minimum atomic E-state index is -3.44. The fourth-order valence-corrected chi connectivity index (χ4v) is 2.46. The van der Waals surface area contributed by atoms with Crippen molar-refractivity contribution in [1.29, 1.82) is 0 Å². The fourth-order valence-electron chi connectivity index (χ4n) is 1.45. The van der Waals surface area contributed by atoms with Crippen molar-refractivity contribution in [3.05, 3.63) is 24.3 Å². The van der Waals surface area contributed by atoms with Gasteiger partial charge < -0.3 is 10.1 Å². The lowest BCUT2D eigenvalue weighted by molar-refractivity contribution is 0.114. The van der Waals surface area contributed by atoms with E-state index in [1.165, 1.54) is 0 Å². The molecular weight excluding hydrogens is 264 g/mol. The van der Waals surface area contributed by atoms with Crippen molar-refractivity contribution >= 4 is 15.7 Å². The molecule has 0 heterocycles. The number of hydrogen-bond acceptors (Lipinski definition) is 4. The first-order valence-electron chi connectivity index (χ1n) is 6.31. The molecule has 6 heteroatoms. The quantitative estimate of drug-likeness (QED) is 0.714. The van der Waals surface area contributed by atoms with Crippen LogP contribution in [0.3, 0.4) is 0 Å². The maximum atomic E-state index is 11.9. The molecule has 0 radical (unpaired) electrons. The summed E-state index contributed by atoms with van der Waals surface area (Å²) in [5, 5.41) is 2.94. The summed E-state index contributed by atoms with van der Waals surface area (Å²) in [7, 11) is -1.66. The average molecular weight is 286 g/mol. The molecule has 0 saturated heterocycles. The molecule has 5 nitrogen and oxygen atoms in total. The smallest absolute Gasteiger partial charge is 0.240 e. The predicted octanol–water partition coefficient (Wildman–Crippen LogP) is 1.68. The monoisotopic (exact) mass is 286 g/mol. The highest BCUT2D eigenvalue weighted by atomic mass is 32.2. The van der Waals surface area contributed by atoms with Gasteiger partial charge >= 0.3 is 0 Å². The lowest BCUT2D eigenvalue weighted by Crippen LogP contribution is -2.27. The minimum Gasteiger partial charge on any atom is -0.388 e.